The number of allylic oxidation sites excluding steroid dienone is 2. The van der Waals surface area contributed by atoms with Crippen LogP contribution < -0.4 is 9.47 Å². The molecule has 19 heavy (non-hydrogen) atoms. The summed E-state index contributed by atoms with van der Waals surface area (Å²) >= 11 is 12.6. The highest BCUT2D eigenvalue weighted by Crippen LogP contribution is 2.48. The standard InChI is InChI=1S/C15H16Cl2O2/c1-8-6-9(2)18-13-10(8)7-11(16)14(12(13)17)19-15(3,4)5/h6-7H,2H2,1,3-5H3. The van der Waals surface area contributed by atoms with Gasteiger partial charge in [0.2, 0.25) is 0 Å². The molecule has 0 unspecified atom stereocenters. The second-order valence-electron chi connectivity index (χ2n) is 5.49. The molecule has 1 aliphatic rings. The number of hydrogen-bond acceptors (Lipinski definition) is 2. The minimum absolute atomic E-state index is 0.381. The van der Waals surface area contributed by atoms with Crippen molar-refractivity contribution in [3.8, 4) is 11.5 Å². The van der Waals surface area contributed by atoms with Gasteiger partial charge in [0.05, 0.1) is 5.02 Å². The number of fused-ring (bicyclic) bond motifs is 1. The van der Waals surface area contributed by atoms with E-state index in [9.17, 15) is 0 Å². The van der Waals surface area contributed by atoms with Crippen LogP contribution in [-0.4, -0.2) is 5.60 Å². The molecule has 1 aromatic rings. The molecular formula is C15H16Cl2O2. The van der Waals surface area contributed by atoms with Crippen molar-refractivity contribution in [2.75, 3.05) is 0 Å². The van der Waals surface area contributed by atoms with E-state index >= 15 is 0 Å². The fourth-order valence-corrected chi connectivity index (χ4v) is 2.43. The summed E-state index contributed by atoms with van der Waals surface area (Å²) in [5.74, 6) is 1.54. The van der Waals surface area contributed by atoms with Gasteiger partial charge in [-0.05, 0) is 45.4 Å². The zero-order chi connectivity index (χ0) is 14.4. The Kier molecular flexibility index (Phi) is 3.59. The Morgan fingerprint density at radius 1 is 1.26 bits per heavy atom. The van der Waals surface area contributed by atoms with Gasteiger partial charge >= 0.3 is 0 Å². The van der Waals surface area contributed by atoms with Crippen molar-refractivity contribution < 1.29 is 9.47 Å². The topological polar surface area (TPSA) is 18.5 Å². The van der Waals surface area contributed by atoms with Crippen molar-refractivity contribution in [2.24, 2.45) is 0 Å². The minimum Gasteiger partial charge on any atom is -0.485 e. The average molecular weight is 299 g/mol. The Hall–Kier alpha value is -1.12. The zero-order valence-electron chi connectivity index (χ0n) is 11.4. The van der Waals surface area contributed by atoms with Gasteiger partial charge in [0, 0.05) is 5.56 Å². The molecule has 0 saturated carbocycles. The van der Waals surface area contributed by atoms with Crippen LogP contribution in [0.4, 0.5) is 0 Å². The van der Waals surface area contributed by atoms with E-state index in [1.54, 1.807) is 0 Å². The Morgan fingerprint density at radius 3 is 2.47 bits per heavy atom. The van der Waals surface area contributed by atoms with Gasteiger partial charge in [-0.25, -0.2) is 0 Å². The highest BCUT2D eigenvalue weighted by molar-refractivity contribution is 6.38. The molecule has 0 radical (unpaired) electrons. The number of hydrogen-bond donors (Lipinski definition) is 0. The third-order valence-electron chi connectivity index (χ3n) is 2.58. The SMILES string of the molecule is C=C1C=C(C)c2cc(Cl)c(OC(C)(C)C)c(Cl)c2O1. The molecule has 0 atom stereocenters. The van der Waals surface area contributed by atoms with Crippen molar-refractivity contribution in [3.05, 3.63) is 40.1 Å². The van der Waals surface area contributed by atoms with E-state index in [1.165, 1.54) is 0 Å². The van der Waals surface area contributed by atoms with Crippen LogP contribution in [0.2, 0.25) is 10.0 Å². The molecule has 0 amide bonds. The third kappa shape index (κ3) is 2.90. The molecule has 102 valence electrons. The molecule has 0 bridgehead atoms. The average Bonchev–Trinajstić information content (AvgIpc) is 2.25. The lowest BCUT2D eigenvalue weighted by molar-refractivity contribution is 0.131. The van der Waals surface area contributed by atoms with Gasteiger partial charge in [-0.15, -0.1) is 0 Å². The molecule has 0 aromatic heterocycles. The molecule has 0 aliphatic carbocycles. The second kappa shape index (κ2) is 4.77. The van der Waals surface area contributed by atoms with Crippen molar-refractivity contribution in [1.29, 1.82) is 0 Å². The minimum atomic E-state index is -0.391. The fraction of sp³-hybridized carbons (Fsp3) is 0.333. The summed E-state index contributed by atoms with van der Waals surface area (Å²) in [6.45, 7) is 11.6. The lowest BCUT2D eigenvalue weighted by Crippen LogP contribution is -2.23. The van der Waals surface area contributed by atoms with Crippen molar-refractivity contribution >= 4 is 28.8 Å². The van der Waals surface area contributed by atoms with Gasteiger partial charge < -0.3 is 9.47 Å². The second-order valence-corrected chi connectivity index (χ2v) is 6.27. The molecule has 0 spiro atoms. The molecule has 1 aliphatic heterocycles. The number of benzene rings is 1. The normalized spacial score (nSPS) is 14.6. The first-order chi connectivity index (χ1) is 8.69. The molecule has 0 N–H and O–H groups in total. The molecule has 0 saturated heterocycles. The van der Waals surface area contributed by atoms with Gasteiger partial charge in [-0.3, -0.25) is 0 Å². The highest BCUT2D eigenvalue weighted by Gasteiger charge is 2.25. The first kappa shape index (κ1) is 14.3. The van der Waals surface area contributed by atoms with Crippen LogP contribution in [0.3, 0.4) is 0 Å². The third-order valence-corrected chi connectivity index (χ3v) is 3.20. The smallest absolute Gasteiger partial charge is 0.161 e. The van der Waals surface area contributed by atoms with Crippen LogP contribution in [0, 0.1) is 0 Å². The number of ether oxygens (including phenoxy) is 2. The van der Waals surface area contributed by atoms with Crippen molar-refractivity contribution in [1.82, 2.24) is 0 Å². The fourth-order valence-electron chi connectivity index (χ4n) is 1.86. The van der Waals surface area contributed by atoms with E-state index < -0.39 is 5.60 Å². The summed E-state index contributed by atoms with van der Waals surface area (Å²) in [7, 11) is 0. The lowest BCUT2D eigenvalue weighted by Gasteiger charge is -2.26. The zero-order valence-corrected chi connectivity index (χ0v) is 12.9. The van der Waals surface area contributed by atoms with E-state index in [0.717, 1.165) is 11.1 Å². The maximum absolute atomic E-state index is 6.37. The number of halogens is 2. The van der Waals surface area contributed by atoms with Crippen LogP contribution >= 0.6 is 23.2 Å². The van der Waals surface area contributed by atoms with Gasteiger partial charge in [-0.2, -0.15) is 0 Å². The van der Waals surface area contributed by atoms with Crippen LogP contribution in [-0.2, 0) is 0 Å². The van der Waals surface area contributed by atoms with E-state index in [-0.39, 0.29) is 0 Å². The Balaban J connectivity index is 2.59. The van der Waals surface area contributed by atoms with Crippen molar-refractivity contribution in [3.63, 3.8) is 0 Å². The quantitative estimate of drug-likeness (QED) is 0.683. The van der Waals surface area contributed by atoms with E-state index in [2.05, 4.69) is 6.58 Å². The molecule has 2 rings (SSSR count). The Labute approximate surface area is 123 Å². The van der Waals surface area contributed by atoms with Gasteiger partial charge in [0.25, 0.3) is 0 Å². The summed E-state index contributed by atoms with van der Waals surface area (Å²) in [5.41, 5.74) is 1.49. The molecule has 4 heteroatoms. The Bertz CT molecular complexity index is 581. The van der Waals surface area contributed by atoms with Gasteiger partial charge in [0.1, 0.15) is 16.4 Å². The van der Waals surface area contributed by atoms with Crippen molar-refractivity contribution in [2.45, 2.75) is 33.3 Å². The first-order valence-corrected chi connectivity index (χ1v) is 6.71. The lowest BCUT2D eigenvalue weighted by atomic mass is 10.0. The molecule has 0 fully saturated rings. The Morgan fingerprint density at radius 2 is 1.89 bits per heavy atom. The monoisotopic (exact) mass is 298 g/mol. The van der Waals surface area contributed by atoms with E-state index in [1.807, 2.05) is 39.8 Å². The number of rotatable bonds is 1. The predicted molar refractivity (Wildman–Crippen MR) is 80.3 cm³/mol. The van der Waals surface area contributed by atoms with Crippen LogP contribution in [0.5, 0.6) is 11.5 Å². The maximum atomic E-state index is 6.37. The first-order valence-electron chi connectivity index (χ1n) is 5.95. The predicted octanol–water partition coefficient (Wildman–Crippen LogP) is 5.48. The summed E-state index contributed by atoms with van der Waals surface area (Å²) < 4.78 is 11.4. The van der Waals surface area contributed by atoms with Gasteiger partial charge in [-0.1, -0.05) is 29.8 Å². The molecular weight excluding hydrogens is 283 g/mol. The van der Waals surface area contributed by atoms with Crippen LogP contribution in [0.25, 0.3) is 5.57 Å². The largest absolute Gasteiger partial charge is 0.485 e. The summed E-state index contributed by atoms with van der Waals surface area (Å²) in [6.07, 6.45) is 1.85. The van der Waals surface area contributed by atoms with Crippen LogP contribution in [0.1, 0.15) is 33.3 Å². The highest BCUT2D eigenvalue weighted by atomic mass is 35.5. The summed E-state index contributed by atoms with van der Waals surface area (Å²) in [5, 5.41) is 0.855. The van der Waals surface area contributed by atoms with E-state index in [0.29, 0.717) is 27.3 Å². The summed E-state index contributed by atoms with van der Waals surface area (Å²) in [6, 6.07) is 1.81. The van der Waals surface area contributed by atoms with E-state index in [4.69, 9.17) is 32.7 Å². The molecule has 2 nitrogen and oxygen atoms in total. The summed E-state index contributed by atoms with van der Waals surface area (Å²) in [4.78, 5) is 0. The van der Waals surface area contributed by atoms with Gasteiger partial charge in [0.15, 0.2) is 11.5 Å². The molecule has 1 aromatic carbocycles. The maximum Gasteiger partial charge on any atom is 0.161 e. The van der Waals surface area contributed by atoms with Crippen LogP contribution in [0.15, 0.2) is 24.5 Å². The molecule has 1 heterocycles.